The third-order valence-corrected chi connectivity index (χ3v) is 3.85. The predicted molar refractivity (Wildman–Crippen MR) is 102 cm³/mol. The molecule has 0 unspecified atom stereocenters. The maximum absolute atomic E-state index is 11.8. The second-order valence-electron chi connectivity index (χ2n) is 5.73. The molecule has 0 aliphatic heterocycles. The van der Waals surface area contributed by atoms with Crippen LogP contribution in [0, 0.1) is 63.7 Å². The fourth-order valence-electron chi connectivity index (χ4n) is 2.41. The average molecular weight is 416 g/mol. The maximum Gasteiger partial charge on any atom is 3.00 e. The van der Waals surface area contributed by atoms with Crippen LogP contribution in [-0.2, 0) is 28.4 Å². The topological polar surface area (TPSA) is 64.4 Å². The molecule has 2 aliphatic rings. The van der Waals surface area contributed by atoms with Crippen LogP contribution in [0.3, 0.4) is 0 Å². The first-order valence-electron chi connectivity index (χ1n) is 8.53. The summed E-state index contributed by atoms with van der Waals surface area (Å²) in [6.45, 7) is 0.299. The van der Waals surface area contributed by atoms with Crippen molar-refractivity contribution in [3.63, 3.8) is 0 Å². The zero-order valence-corrected chi connectivity index (χ0v) is 16.4. The first-order chi connectivity index (χ1) is 13.3. The summed E-state index contributed by atoms with van der Waals surface area (Å²) < 4.78 is 10.4. The molecule has 1 N–H and O–H groups in total. The molecule has 1 aromatic heterocycles. The zero-order chi connectivity index (χ0) is 18.9. The average Bonchev–Trinajstić information content (AvgIpc) is 3.49. The van der Waals surface area contributed by atoms with Crippen LogP contribution in [0.4, 0.5) is 0 Å². The molecule has 2 aromatic rings. The molecule has 1 amide bonds. The second kappa shape index (κ2) is 11.9. The van der Waals surface area contributed by atoms with Crippen molar-refractivity contribution in [1.82, 2.24) is 10.5 Å². The van der Waals surface area contributed by atoms with Crippen molar-refractivity contribution in [3.05, 3.63) is 99.8 Å². The van der Waals surface area contributed by atoms with Crippen molar-refractivity contribution in [2.75, 3.05) is 7.11 Å². The number of ether oxygens (including phenoxy) is 1. The van der Waals surface area contributed by atoms with E-state index >= 15 is 0 Å². The van der Waals surface area contributed by atoms with Gasteiger partial charge in [0.15, 0.2) is 5.76 Å². The number of benzene rings is 1. The van der Waals surface area contributed by atoms with E-state index < -0.39 is 0 Å². The summed E-state index contributed by atoms with van der Waals surface area (Å²) in [4.78, 5) is 11.8. The van der Waals surface area contributed by atoms with E-state index in [0.29, 0.717) is 18.2 Å². The normalized spacial score (nSPS) is 16.0. The number of rotatable bonds is 5. The molecule has 0 atom stereocenters. The monoisotopic (exact) mass is 416 g/mol. The fourth-order valence-corrected chi connectivity index (χ4v) is 2.41. The summed E-state index contributed by atoms with van der Waals surface area (Å²) in [5.41, 5.74) is 1.65. The van der Waals surface area contributed by atoms with Gasteiger partial charge in [-0.2, -0.15) is 0 Å². The number of hydrogen-bond acceptors (Lipinski definition) is 4. The van der Waals surface area contributed by atoms with Crippen LogP contribution in [0.15, 0.2) is 34.9 Å². The molecule has 141 valence electrons. The van der Waals surface area contributed by atoms with Crippen LogP contribution in [-0.4, -0.2) is 18.2 Å². The van der Waals surface area contributed by atoms with Crippen molar-refractivity contribution in [3.8, 4) is 17.0 Å². The van der Waals surface area contributed by atoms with Gasteiger partial charge in [-0.25, -0.2) is 0 Å². The molecule has 4 rings (SSSR count). The van der Waals surface area contributed by atoms with E-state index in [4.69, 9.17) is 9.26 Å². The molecule has 0 bridgehead atoms. The SMILES string of the molecule is COc1ccc(-c2cc(CNC(=O)[C]3[CH][CH][CH][CH]3)on2)cc1.[CH]1[CH][CH][CH][CH]1.[Fe+3]. The summed E-state index contributed by atoms with van der Waals surface area (Å²) in [6.07, 6.45) is 17.2. The molecule has 2 saturated carbocycles. The minimum atomic E-state index is -0.132. The van der Waals surface area contributed by atoms with Gasteiger partial charge in [0, 0.05) is 11.6 Å². The van der Waals surface area contributed by atoms with Gasteiger partial charge in [-0.15, -0.1) is 0 Å². The van der Waals surface area contributed by atoms with Gasteiger partial charge < -0.3 is 14.6 Å². The van der Waals surface area contributed by atoms with Gasteiger partial charge in [0.05, 0.1) is 19.6 Å². The molecule has 6 heteroatoms. The van der Waals surface area contributed by atoms with Crippen molar-refractivity contribution in [1.29, 1.82) is 0 Å². The van der Waals surface area contributed by atoms with Gasteiger partial charge in [0.2, 0.25) is 5.91 Å². The quantitative estimate of drug-likeness (QED) is 0.760. The van der Waals surface area contributed by atoms with E-state index in [1.54, 1.807) is 20.0 Å². The molecule has 2 aliphatic carbocycles. The Labute approximate surface area is 178 Å². The number of amides is 1. The molecular formula is C22H20FeN2O3+3. The van der Waals surface area contributed by atoms with Gasteiger partial charge >= 0.3 is 17.1 Å². The Morgan fingerprint density at radius 3 is 2.18 bits per heavy atom. The smallest absolute Gasteiger partial charge is 0.497 e. The third-order valence-electron chi connectivity index (χ3n) is 3.85. The molecule has 28 heavy (non-hydrogen) atoms. The van der Waals surface area contributed by atoms with Crippen molar-refractivity contribution in [2.45, 2.75) is 6.54 Å². The number of methoxy groups -OCH3 is 1. The Kier molecular flexibility index (Phi) is 9.59. The maximum atomic E-state index is 11.8. The standard InChI is InChI=1S/C17H15N2O3.C5H5.Fe/c1-21-14-8-6-12(7-9-14)16-10-15(22-19-16)11-18-17(20)13-4-2-3-5-13;1-2-4-5-3-1;/h2-10H,11H2,1H3,(H,18,20);1-5H;/q;;+3. The van der Waals surface area contributed by atoms with Crippen molar-refractivity contribution in [2.24, 2.45) is 0 Å². The number of nitrogens with zero attached hydrogens (tertiary/aromatic N) is 1. The van der Waals surface area contributed by atoms with Crippen molar-refractivity contribution >= 4 is 5.91 Å². The summed E-state index contributed by atoms with van der Waals surface area (Å²) >= 11 is 0. The summed E-state index contributed by atoms with van der Waals surface area (Å²) in [6, 6.07) is 9.35. The number of nitrogens with one attached hydrogen (secondary N) is 1. The van der Waals surface area contributed by atoms with Crippen LogP contribution in [0.25, 0.3) is 11.3 Å². The molecule has 5 nitrogen and oxygen atoms in total. The van der Waals surface area contributed by atoms with E-state index in [1.165, 1.54) is 0 Å². The predicted octanol–water partition coefficient (Wildman–Crippen LogP) is 3.39. The molecule has 1 heterocycles. The van der Waals surface area contributed by atoms with Gasteiger partial charge in [-0.1, -0.05) is 5.16 Å². The first-order valence-corrected chi connectivity index (χ1v) is 8.53. The Morgan fingerprint density at radius 1 is 1.00 bits per heavy atom. The van der Waals surface area contributed by atoms with Crippen LogP contribution in [0.2, 0.25) is 0 Å². The van der Waals surface area contributed by atoms with Crippen LogP contribution in [0.1, 0.15) is 5.76 Å². The number of carbonyl (C=O) groups is 1. The van der Waals surface area contributed by atoms with E-state index in [2.05, 4.69) is 10.5 Å². The number of aromatic nitrogens is 1. The summed E-state index contributed by atoms with van der Waals surface area (Å²) in [5, 5.41) is 6.81. The van der Waals surface area contributed by atoms with E-state index in [9.17, 15) is 4.79 Å². The third kappa shape index (κ3) is 6.68. The molecular weight excluding hydrogens is 396 g/mol. The van der Waals surface area contributed by atoms with Crippen LogP contribution in [0.5, 0.6) is 5.75 Å². The van der Waals surface area contributed by atoms with Crippen LogP contribution < -0.4 is 10.1 Å². The van der Waals surface area contributed by atoms with Gasteiger partial charge in [0.1, 0.15) is 11.4 Å². The van der Waals surface area contributed by atoms with Gasteiger partial charge in [-0.05, 0) is 82.1 Å². The Hall–Kier alpha value is -1.78. The zero-order valence-electron chi connectivity index (χ0n) is 15.3. The van der Waals surface area contributed by atoms with E-state index in [0.717, 1.165) is 17.0 Å². The fraction of sp³-hybridized carbons (Fsp3) is 0.0909. The second-order valence-corrected chi connectivity index (χ2v) is 5.73. The minimum absolute atomic E-state index is 0. The number of hydrogen-bond donors (Lipinski definition) is 1. The minimum Gasteiger partial charge on any atom is -0.497 e. The molecule has 2 fully saturated rings. The number of carbonyl (C=O) groups excluding carboxylic acids is 1. The van der Waals surface area contributed by atoms with E-state index in [1.807, 2.05) is 75.3 Å². The molecule has 0 saturated heterocycles. The van der Waals surface area contributed by atoms with Crippen LogP contribution >= 0.6 is 0 Å². The Balaban J connectivity index is 0.000000408. The molecule has 0 spiro atoms. The molecule has 11 radical (unpaired) electrons. The van der Waals surface area contributed by atoms with Gasteiger partial charge in [0.25, 0.3) is 0 Å². The summed E-state index contributed by atoms with van der Waals surface area (Å²) in [5.74, 6) is 1.89. The largest absolute Gasteiger partial charge is 3.00 e. The van der Waals surface area contributed by atoms with Gasteiger partial charge in [-0.3, -0.25) is 4.79 Å². The van der Waals surface area contributed by atoms with E-state index in [-0.39, 0.29) is 23.0 Å². The molecule has 1 aromatic carbocycles. The Bertz CT molecular complexity index is 697. The summed E-state index contributed by atoms with van der Waals surface area (Å²) in [7, 11) is 1.62. The first kappa shape index (κ1) is 22.5. The van der Waals surface area contributed by atoms with Crippen molar-refractivity contribution < 1.29 is 31.1 Å². The Morgan fingerprint density at radius 2 is 1.61 bits per heavy atom.